The second-order valence-electron chi connectivity index (χ2n) is 6.16. The van der Waals surface area contributed by atoms with Gasteiger partial charge < -0.3 is 15.0 Å². The van der Waals surface area contributed by atoms with Crippen molar-refractivity contribution in [1.82, 2.24) is 14.7 Å². The number of rotatable bonds is 4. The van der Waals surface area contributed by atoms with Crippen molar-refractivity contribution in [3.8, 4) is 0 Å². The van der Waals surface area contributed by atoms with Gasteiger partial charge >= 0.3 is 5.97 Å². The first-order valence-electron chi connectivity index (χ1n) is 8.17. The van der Waals surface area contributed by atoms with Crippen LogP contribution < -0.4 is 15.8 Å². The predicted octanol–water partition coefficient (Wildman–Crippen LogP) is -1.55. The predicted molar refractivity (Wildman–Crippen MR) is 89.2 cm³/mol. The van der Waals surface area contributed by atoms with E-state index in [4.69, 9.17) is 0 Å². The molecule has 2 N–H and O–H groups in total. The molecule has 1 amide bonds. The number of hydrogen-bond donors (Lipinski definition) is 2. The van der Waals surface area contributed by atoms with Crippen LogP contribution in [0.3, 0.4) is 0 Å². The lowest BCUT2D eigenvalue weighted by Gasteiger charge is -2.31. The molecule has 1 saturated heterocycles. The lowest BCUT2D eigenvalue weighted by Crippen LogP contribution is -3.18. The summed E-state index contributed by atoms with van der Waals surface area (Å²) in [5.74, 6) is -0.610. The molecule has 1 aliphatic heterocycles. The van der Waals surface area contributed by atoms with E-state index in [1.54, 1.807) is 10.5 Å². The Hall–Kier alpha value is -2.74. The van der Waals surface area contributed by atoms with Crippen LogP contribution in [-0.2, 0) is 20.9 Å². The molecule has 2 aromatic rings. The highest BCUT2D eigenvalue weighted by molar-refractivity contribution is 5.85. The van der Waals surface area contributed by atoms with Crippen LogP contribution in [0.2, 0.25) is 0 Å². The number of quaternary nitrogens is 1. The first-order chi connectivity index (χ1) is 12.0. The topological polar surface area (TPSA) is 94.2 Å². The fourth-order valence-corrected chi connectivity index (χ4v) is 3.21. The van der Waals surface area contributed by atoms with E-state index in [0.717, 1.165) is 10.6 Å². The highest BCUT2D eigenvalue weighted by Crippen LogP contribution is 2.03. The number of carbonyl (C=O) groups is 2. The fraction of sp³-hybridized carbons (Fsp3) is 0.412. The number of pyridine rings is 1. The number of esters is 1. The molecule has 0 bridgehead atoms. The maximum Gasteiger partial charge on any atom is 0.312 e. The monoisotopic (exact) mass is 345 g/mol. The van der Waals surface area contributed by atoms with E-state index in [-0.39, 0.29) is 17.9 Å². The molecular formula is C17H21N4O4+. The van der Waals surface area contributed by atoms with Gasteiger partial charge in [0.2, 0.25) is 0 Å². The summed E-state index contributed by atoms with van der Waals surface area (Å²) in [7, 11) is 1.30. The van der Waals surface area contributed by atoms with Gasteiger partial charge in [0.05, 0.1) is 20.2 Å². The number of methoxy groups -OCH3 is 1. The van der Waals surface area contributed by atoms with Gasteiger partial charge in [-0.3, -0.25) is 18.8 Å². The molecule has 3 heterocycles. The van der Waals surface area contributed by atoms with E-state index < -0.39 is 12.0 Å². The van der Waals surface area contributed by atoms with Crippen LogP contribution in [0.25, 0.3) is 5.65 Å². The second kappa shape index (κ2) is 7.02. The zero-order chi connectivity index (χ0) is 18.0. The first-order valence-corrected chi connectivity index (χ1v) is 8.17. The number of aromatic nitrogens is 2. The largest absolute Gasteiger partial charge is 0.469 e. The number of fused-ring (bicyclic) bond motifs is 1. The summed E-state index contributed by atoms with van der Waals surface area (Å²) >= 11 is 0. The van der Waals surface area contributed by atoms with Crippen LogP contribution >= 0.6 is 0 Å². The number of nitrogens with one attached hydrogen (secondary N) is 2. The van der Waals surface area contributed by atoms with Crippen molar-refractivity contribution in [3.05, 3.63) is 46.0 Å². The van der Waals surface area contributed by atoms with E-state index in [9.17, 15) is 14.4 Å². The van der Waals surface area contributed by atoms with Gasteiger partial charge in [0.25, 0.3) is 11.5 Å². The Balaban J connectivity index is 1.89. The lowest BCUT2D eigenvalue weighted by atomic mass is 10.1. The molecule has 0 radical (unpaired) electrons. The molecule has 8 heteroatoms. The molecule has 8 nitrogen and oxygen atoms in total. The molecule has 0 saturated carbocycles. The molecule has 2 atom stereocenters. The van der Waals surface area contributed by atoms with Crippen LogP contribution in [0.15, 0.2) is 29.1 Å². The van der Waals surface area contributed by atoms with E-state index >= 15 is 0 Å². The maximum absolute atomic E-state index is 12.4. The van der Waals surface area contributed by atoms with E-state index in [2.05, 4.69) is 15.0 Å². The van der Waals surface area contributed by atoms with E-state index in [1.807, 2.05) is 19.1 Å². The van der Waals surface area contributed by atoms with Crippen molar-refractivity contribution >= 4 is 17.5 Å². The van der Waals surface area contributed by atoms with E-state index in [1.165, 1.54) is 13.2 Å². The van der Waals surface area contributed by atoms with Crippen LogP contribution in [0.1, 0.15) is 17.8 Å². The molecule has 3 rings (SSSR count). The summed E-state index contributed by atoms with van der Waals surface area (Å²) in [4.78, 5) is 41.6. The van der Waals surface area contributed by atoms with Crippen LogP contribution in [0.4, 0.5) is 0 Å². The molecular weight excluding hydrogens is 324 g/mol. The van der Waals surface area contributed by atoms with Crippen molar-refractivity contribution in [1.29, 1.82) is 0 Å². The van der Waals surface area contributed by atoms with Crippen LogP contribution in [0, 0.1) is 6.92 Å². The third kappa shape index (κ3) is 3.53. The number of carbonyl (C=O) groups excluding carboxylic acids is 2. The number of ether oxygens (including phenoxy) is 1. The van der Waals surface area contributed by atoms with Crippen molar-refractivity contribution in [3.63, 3.8) is 0 Å². The summed E-state index contributed by atoms with van der Waals surface area (Å²) in [6, 6.07) is 6.43. The standard InChI is InChI=1S/C17H20N4O4/c1-11-4-3-5-14-19-12(8-15(22)21(11)14)10-20-7-6-18-17(24)13(20)9-16(23)25-2/h3-5,8,13H,6-7,9-10H2,1-2H3,(H,18,24)/p+1/t13-/m0/s1. The fourth-order valence-electron chi connectivity index (χ4n) is 3.21. The average Bonchev–Trinajstić information content (AvgIpc) is 2.57. The van der Waals surface area contributed by atoms with Gasteiger partial charge in [-0.2, -0.15) is 0 Å². The van der Waals surface area contributed by atoms with Crippen molar-refractivity contribution in [2.75, 3.05) is 20.2 Å². The Morgan fingerprint density at radius 3 is 3.00 bits per heavy atom. The average molecular weight is 345 g/mol. The molecule has 0 spiro atoms. The number of nitrogens with zero attached hydrogens (tertiary/aromatic N) is 2. The maximum atomic E-state index is 12.4. The molecule has 1 fully saturated rings. The minimum absolute atomic E-state index is 0.00331. The minimum atomic E-state index is -0.543. The number of amides is 1. The third-order valence-electron chi connectivity index (χ3n) is 4.49. The Morgan fingerprint density at radius 2 is 2.24 bits per heavy atom. The van der Waals surface area contributed by atoms with Gasteiger partial charge in [0.1, 0.15) is 24.3 Å². The lowest BCUT2D eigenvalue weighted by molar-refractivity contribution is -0.931. The first kappa shape index (κ1) is 17.1. The summed E-state index contributed by atoms with van der Waals surface area (Å²) < 4.78 is 6.24. The van der Waals surface area contributed by atoms with Crippen LogP contribution in [0.5, 0.6) is 0 Å². The van der Waals surface area contributed by atoms with E-state index in [0.29, 0.717) is 31.0 Å². The van der Waals surface area contributed by atoms with Gasteiger partial charge in [0, 0.05) is 11.8 Å². The molecule has 25 heavy (non-hydrogen) atoms. The zero-order valence-electron chi connectivity index (χ0n) is 14.2. The van der Waals surface area contributed by atoms with Crippen molar-refractivity contribution in [2.45, 2.75) is 25.9 Å². The number of aryl methyl sites for hydroxylation is 1. The van der Waals surface area contributed by atoms with Crippen molar-refractivity contribution < 1.29 is 19.2 Å². The van der Waals surface area contributed by atoms with Gasteiger partial charge in [-0.1, -0.05) is 6.07 Å². The Bertz CT molecular complexity index is 877. The number of hydrogen-bond acceptors (Lipinski definition) is 5. The molecule has 1 unspecified atom stereocenters. The molecule has 2 aromatic heterocycles. The molecule has 132 valence electrons. The van der Waals surface area contributed by atoms with Gasteiger partial charge in [-0.25, -0.2) is 4.98 Å². The smallest absolute Gasteiger partial charge is 0.312 e. The summed E-state index contributed by atoms with van der Waals surface area (Å²) in [5, 5.41) is 2.77. The highest BCUT2D eigenvalue weighted by atomic mass is 16.5. The number of piperazine rings is 1. The van der Waals surface area contributed by atoms with Crippen molar-refractivity contribution in [2.24, 2.45) is 0 Å². The molecule has 1 aliphatic rings. The zero-order valence-corrected chi connectivity index (χ0v) is 14.2. The SMILES string of the molecule is COC(=O)C[C@H]1C(=O)NCC[NH+]1Cc1cc(=O)n2c(C)cccc2n1. The van der Waals surface area contributed by atoms with Gasteiger partial charge in [-0.15, -0.1) is 0 Å². The quantitative estimate of drug-likeness (QED) is 0.655. The van der Waals surface area contributed by atoms with Gasteiger partial charge in [0.15, 0.2) is 6.04 Å². The Kier molecular flexibility index (Phi) is 4.80. The summed E-state index contributed by atoms with van der Waals surface area (Å²) in [6.07, 6.45) is 0.00331. The minimum Gasteiger partial charge on any atom is -0.469 e. The highest BCUT2D eigenvalue weighted by Gasteiger charge is 2.36. The normalized spacial score (nSPS) is 20.3. The molecule has 0 aliphatic carbocycles. The summed E-state index contributed by atoms with van der Waals surface area (Å²) in [5.41, 5.74) is 1.85. The second-order valence-corrected chi connectivity index (χ2v) is 6.16. The molecule has 0 aromatic carbocycles. The Morgan fingerprint density at radius 1 is 1.44 bits per heavy atom. The van der Waals surface area contributed by atoms with Crippen LogP contribution in [-0.4, -0.2) is 47.5 Å². The summed E-state index contributed by atoms with van der Waals surface area (Å²) in [6.45, 7) is 3.43. The third-order valence-corrected chi connectivity index (χ3v) is 4.49. The Labute approximate surface area is 144 Å². The van der Waals surface area contributed by atoms with Gasteiger partial charge in [-0.05, 0) is 19.1 Å².